The third-order valence-electron chi connectivity index (χ3n) is 3.77. The van der Waals surface area contributed by atoms with Crippen molar-refractivity contribution < 1.29 is 14.0 Å². The van der Waals surface area contributed by atoms with Crippen LogP contribution in [0.2, 0.25) is 0 Å². The number of halogens is 1. The second-order valence-corrected chi connectivity index (χ2v) is 5.77. The summed E-state index contributed by atoms with van der Waals surface area (Å²) in [5, 5.41) is 8.42. The van der Waals surface area contributed by atoms with Gasteiger partial charge < -0.3 is 16.0 Å². The van der Waals surface area contributed by atoms with E-state index in [1.54, 1.807) is 48.5 Å². The number of carbonyl (C=O) groups excluding carboxylic acids is 2. The molecule has 6 heteroatoms. The second-order valence-electron chi connectivity index (χ2n) is 5.77. The van der Waals surface area contributed by atoms with Crippen molar-refractivity contribution in [3.05, 3.63) is 90.2 Å². The Kier molecular flexibility index (Phi) is 5.79. The second kappa shape index (κ2) is 8.62. The topological polar surface area (TPSA) is 70.2 Å². The Balaban J connectivity index is 1.63. The molecular weight excluding hydrogens is 345 g/mol. The van der Waals surface area contributed by atoms with Gasteiger partial charge in [0.15, 0.2) is 0 Å². The van der Waals surface area contributed by atoms with Gasteiger partial charge in [0.1, 0.15) is 5.82 Å². The lowest BCUT2D eigenvalue weighted by molar-refractivity contribution is -0.114. The predicted octanol–water partition coefficient (Wildman–Crippen LogP) is 4.13. The molecule has 0 unspecified atom stereocenters. The Hall–Kier alpha value is -3.67. The number of rotatable bonds is 6. The molecule has 0 aliphatic carbocycles. The molecule has 0 spiro atoms. The van der Waals surface area contributed by atoms with Crippen LogP contribution in [0, 0.1) is 5.82 Å². The van der Waals surface area contributed by atoms with Crippen LogP contribution in [-0.4, -0.2) is 18.4 Å². The minimum absolute atomic E-state index is 0.0136. The number of hydrogen-bond donors (Lipinski definition) is 3. The lowest BCUT2D eigenvalue weighted by Crippen LogP contribution is -2.23. The molecule has 0 heterocycles. The number of nitrogens with one attached hydrogen (secondary N) is 3. The quantitative estimate of drug-likeness (QED) is 0.617. The molecule has 0 radical (unpaired) electrons. The number of benzene rings is 3. The van der Waals surface area contributed by atoms with Gasteiger partial charge in [-0.2, -0.15) is 0 Å². The Morgan fingerprint density at radius 3 is 2.15 bits per heavy atom. The van der Waals surface area contributed by atoms with Crippen molar-refractivity contribution >= 4 is 28.9 Å². The largest absolute Gasteiger partial charge is 0.376 e. The summed E-state index contributed by atoms with van der Waals surface area (Å²) in [5.74, 6) is -0.980. The predicted molar refractivity (Wildman–Crippen MR) is 104 cm³/mol. The van der Waals surface area contributed by atoms with Crippen molar-refractivity contribution in [1.82, 2.24) is 0 Å². The molecule has 0 aromatic heterocycles. The molecule has 0 saturated carbocycles. The van der Waals surface area contributed by atoms with Gasteiger partial charge in [-0.15, -0.1) is 0 Å². The number of hydrogen-bond acceptors (Lipinski definition) is 3. The van der Waals surface area contributed by atoms with Gasteiger partial charge in [0.05, 0.1) is 17.8 Å². The fraction of sp³-hybridized carbons (Fsp3) is 0.0476. The third kappa shape index (κ3) is 5.15. The minimum atomic E-state index is -0.344. The van der Waals surface area contributed by atoms with Crippen molar-refractivity contribution in [2.24, 2.45) is 0 Å². The van der Waals surface area contributed by atoms with E-state index in [0.717, 1.165) is 0 Å². The van der Waals surface area contributed by atoms with Crippen LogP contribution in [0.1, 0.15) is 10.4 Å². The van der Waals surface area contributed by atoms with Gasteiger partial charge in [0.25, 0.3) is 5.91 Å². The highest BCUT2D eigenvalue weighted by Gasteiger charge is 2.13. The highest BCUT2D eigenvalue weighted by atomic mass is 19.1. The van der Waals surface area contributed by atoms with Gasteiger partial charge in [-0.25, -0.2) is 4.39 Å². The van der Waals surface area contributed by atoms with Crippen molar-refractivity contribution in [2.45, 2.75) is 0 Å². The molecule has 0 saturated heterocycles. The van der Waals surface area contributed by atoms with E-state index in [1.807, 2.05) is 18.2 Å². The zero-order valence-electron chi connectivity index (χ0n) is 14.4. The van der Waals surface area contributed by atoms with Crippen molar-refractivity contribution in [3.8, 4) is 0 Å². The average molecular weight is 363 g/mol. The summed E-state index contributed by atoms with van der Waals surface area (Å²) in [4.78, 5) is 24.7. The molecule has 0 bridgehead atoms. The van der Waals surface area contributed by atoms with Crippen LogP contribution < -0.4 is 16.0 Å². The summed E-state index contributed by atoms with van der Waals surface area (Å²) in [6.07, 6.45) is 0. The Labute approximate surface area is 156 Å². The van der Waals surface area contributed by atoms with Crippen molar-refractivity contribution in [1.29, 1.82) is 0 Å². The summed E-state index contributed by atoms with van der Waals surface area (Å²) in [5.41, 5.74) is 2.07. The SMILES string of the molecule is O=C(CNc1ccc(F)cc1)Nc1ccccc1C(=O)Nc1ccccc1. The number of para-hydroxylation sites is 2. The Morgan fingerprint density at radius 1 is 0.741 bits per heavy atom. The van der Waals surface area contributed by atoms with E-state index in [1.165, 1.54) is 12.1 Å². The van der Waals surface area contributed by atoms with E-state index in [-0.39, 0.29) is 24.2 Å². The van der Waals surface area contributed by atoms with Gasteiger partial charge in [-0.1, -0.05) is 30.3 Å². The molecule has 0 aliphatic heterocycles. The Bertz CT molecular complexity index is 928. The number of anilines is 3. The number of carbonyl (C=O) groups is 2. The maximum Gasteiger partial charge on any atom is 0.257 e. The van der Waals surface area contributed by atoms with E-state index >= 15 is 0 Å². The van der Waals surface area contributed by atoms with Gasteiger partial charge in [0.2, 0.25) is 5.91 Å². The summed E-state index contributed by atoms with van der Waals surface area (Å²) >= 11 is 0. The normalized spacial score (nSPS) is 10.1. The smallest absolute Gasteiger partial charge is 0.257 e. The van der Waals surface area contributed by atoms with Gasteiger partial charge in [-0.05, 0) is 48.5 Å². The highest BCUT2D eigenvalue weighted by molar-refractivity contribution is 6.10. The van der Waals surface area contributed by atoms with Crippen LogP contribution in [0.3, 0.4) is 0 Å². The van der Waals surface area contributed by atoms with E-state index < -0.39 is 0 Å². The third-order valence-corrected chi connectivity index (χ3v) is 3.77. The van der Waals surface area contributed by atoms with Crippen LogP contribution in [0.25, 0.3) is 0 Å². The van der Waals surface area contributed by atoms with Crippen LogP contribution >= 0.6 is 0 Å². The molecule has 5 nitrogen and oxygen atoms in total. The van der Waals surface area contributed by atoms with Gasteiger partial charge in [-0.3, -0.25) is 9.59 Å². The first kappa shape index (κ1) is 18.1. The summed E-state index contributed by atoms with van der Waals surface area (Å²) in [7, 11) is 0. The first-order valence-electron chi connectivity index (χ1n) is 8.36. The summed E-state index contributed by atoms with van der Waals surface area (Å²) in [6.45, 7) is -0.0136. The molecular formula is C21H18FN3O2. The first-order valence-corrected chi connectivity index (χ1v) is 8.36. The van der Waals surface area contributed by atoms with E-state index in [9.17, 15) is 14.0 Å². The van der Waals surface area contributed by atoms with Gasteiger partial charge in [0, 0.05) is 11.4 Å². The van der Waals surface area contributed by atoms with Crippen molar-refractivity contribution in [2.75, 3.05) is 22.5 Å². The molecule has 2 amide bonds. The maximum atomic E-state index is 12.9. The first-order chi connectivity index (χ1) is 13.1. The molecule has 3 rings (SSSR count). The standard InChI is InChI=1S/C21H18FN3O2/c22-15-10-12-16(13-11-15)23-14-20(26)25-19-9-5-4-8-18(19)21(27)24-17-6-2-1-3-7-17/h1-13,23H,14H2,(H,24,27)(H,25,26). The minimum Gasteiger partial charge on any atom is -0.376 e. The highest BCUT2D eigenvalue weighted by Crippen LogP contribution is 2.17. The zero-order chi connectivity index (χ0) is 19.1. The fourth-order valence-corrected chi connectivity index (χ4v) is 2.45. The number of amides is 2. The maximum absolute atomic E-state index is 12.9. The molecule has 3 aromatic rings. The van der Waals surface area contributed by atoms with Crippen LogP contribution in [-0.2, 0) is 4.79 Å². The van der Waals surface area contributed by atoms with Crippen LogP contribution in [0.5, 0.6) is 0 Å². The van der Waals surface area contributed by atoms with E-state index in [4.69, 9.17) is 0 Å². The van der Waals surface area contributed by atoms with Crippen molar-refractivity contribution in [3.63, 3.8) is 0 Å². The molecule has 136 valence electrons. The van der Waals surface area contributed by atoms with E-state index in [0.29, 0.717) is 22.6 Å². The summed E-state index contributed by atoms with van der Waals surface area (Å²) in [6, 6.07) is 21.6. The lowest BCUT2D eigenvalue weighted by atomic mass is 10.1. The zero-order valence-corrected chi connectivity index (χ0v) is 14.4. The van der Waals surface area contributed by atoms with Gasteiger partial charge >= 0.3 is 0 Å². The molecule has 3 aromatic carbocycles. The summed E-state index contributed by atoms with van der Waals surface area (Å²) < 4.78 is 12.9. The van der Waals surface area contributed by atoms with Crippen LogP contribution in [0.4, 0.5) is 21.5 Å². The van der Waals surface area contributed by atoms with E-state index in [2.05, 4.69) is 16.0 Å². The molecule has 0 fully saturated rings. The molecule has 0 atom stereocenters. The average Bonchev–Trinajstić information content (AvgIpc) is 2.69. The lowest BCUT2D eigenvalue weighted by Gasteiger charge is -2.12. The monoisotopic (exact) mass is 363 g/mol. The molecule has 0 aliphatic rings. The molecule has 3 N–H and O–H groups in total. The fourth-order valence-electron chi connectivity index (χ4n) is 2.45. The van der Waals surface area contributed by atoms with Crippen LogP contribution in [0.15, 0.2) is 78.9 Å². The molecule has 27 heavy (non-hydrogen) atoms. The Morgan fingerprint density at radius 2 is 1.41 bits per heavy atom.